The average Bonchev–Trinajstić information content (AvgIpc) is 2.07. The Morgan fingerprint density at radius 3 is 2.33 bits per heavy atom. The summed E-state index contributed by atoms with van der Waals surface area (Å²) in [6, 6.07) is 0. The summed E-state index contributed by atoms with van der Waals surface area (Å²) < 4.78 is 0. The van der Waals surface area contributed by atoms with Crippen molar-refractivity contribution in [2.24, 2.45) is 11.8 Å². The first-order valence-corrected chi connectivity index (χ1v) is 5.85. The van der Waals surface area contributed by atoms with Crippen LogP contribution in [0, 0.1) is 11.8 Å². The third-order valence-electron chi connectivity index (χ3n) is 2.73. The second kappa shape index (κ2) is 5.10. The van der Waals surface area contributed by atoms with E-state index in [-0.39, 0.29) is 5.92 Å². The Labute approximate surface area is 78.4 Å². The lowest BCUT2D eigenvalue weighted by atomic mass is 9.85. The monoisotopic (exact) mass is 190 g/mol. The third kappa shape index (κ3) is 2.64. The van der Waals surface area contributed by atoms with Gasteiger partial charge in [0.25, 0.3) is 0 Å². The van der Waals surface area contributed by atoms with Gasteiger partial charge in [-0.3, -0.25) is 0 Å². The van der Waals surface area contributed by atoms with Crippen LogP contribution >= 0.6 is 11.8 Å². The van der Waals surface area contributed by atoms with Crippen LogP contribution in [0.3, 0.4) is 0 Å². The minimum Gasteiger partial charge on any atom is -0.368 e. The Balaban J connectivity index is 2.40. The highest BCUT2D eigenvalue weighted by molar-refractivity contribution is 7.99. The Morgan fingerprint density at radius 2 is 1.92 bits per heavy atom. The fraction of sp³-hybridized carbons (Fsp3) is 1.00. The van der Waals surface area contributed by atoms with Crippen LogP contribution in [-0.2, 0) is 0 Å². The summed E-state index contributed by atoms with van der Waals surface area (Å²) in [5, 5.41) is 18.2. The molecule has 1 fully saturated rings. The number of aliphatic hydroxyl groups excluding tert-OH is 1. The third-order valence-corrected chi connectivity index (χ3v) is 3.77. The van der Waals surface area contributed by atoms with Crippen molar-refractivity contribution in [3.05, 3.63) is 0 Å². The fourth-order valence-corrected chi connectivity index (χ4v) is 3.07. The molecule has 72 valence electrons. The lowest BCUT2D eigenvalue weighted by Gasteiger charge is -2.30. The molecule has 0 aromatic heterocycles. The number of thioether (sulfide) groups is 1. The molecule has 1 unspecified atom stereocenters. The van der Waals surface area contributed by atoms with E-state index in [9.17, 15) is 0 Å². The Hall–Kier alpha value is 0.270. The molecule has 12 heavy (non-hydrogen) atoms. The smallest absolute Gasteiger partial charge is 0.154 e. The number of aliphatic hydroxyl groups is 2. The summed E-state index contributed by atoms with van der Waals surface area (Å²) in [6.07, 6.45) is 2.08. The van der Waals surface area contributed by atoms with Crippen LogP contribution in [-0.4, -0.2) is 28.0 Å². The van der Waals surface area contributed by atoms with Crippen LogP contribution in [0.5, 0.6) is 0 Å². The van der Waals surface area contributed by atoms with Crippen LogP contribution in [0.25, 0.3) is 0 Å². The highest BCUT2D eigenvalue weighted by Crippen LogP contribution is 2.31. The molecule has 0 radical (unpaired) electrons. The maximum Gasteiger partial charge on any atom is 0.154 e. The lowest BCUT2D eigenvalue weighted by Crippen LogP contribution is -2.29. The second-order valence-electron chi connectivity index (χ2n) is 3.44. The van der Waals surface area contributed by atoms with Crippen molar-refractivity contribution < 1.29 is 10.2 Å². The van der Waals surface area contributed by atoms with Crippen LogP contribution in [0.4, 0.5) is 0 Å². The SMILES string of the molecule is CCC(C(O)O)C1CCSCC1. The summed E-state index contributed by atoms with van der Waals surface area (Å²) in [6.45, 7) is 2.03. The molecule has 0 aromatic carbocycles. The van der Waals surface area contributed by atoms with Gasteiger partial charge >= 0.3 is 0 Å². The largest absolute Gasteiger partial charge is 0.368 e. The van der Waals surface area contributed by atoms with Gasteiger partial charge in [-0.25, -0.2) is 0 Å². The topological polar surface area (TPSA) is 40.5 Å². The molecule has 0 spiro atoms. The van der Waals surface area contributed by atoms with E-state index < -0.39 is 6.29 Å². The van der Waals surface area contributed by atoms with E-state index in [1.807, 2.05) is 18.7 Å². The highest BCUT2D eigenvalue weighted by atomic mass is 32.2. The fourth-order valence-electron chi connectivity index (χ4n) is 1.93. The number of rotatable bonds is 3. The normalized spacial score (nSPS) is 23.0. The van der Waals surface area contributed by atoms with Gasteiger partial charge in [0, 0.05) is 5.92 Å². The zero-order chi connectivity index (χ0) is 8.97. The molecule has 0 aromatic rings. The van der Waals surface area contributed by atoms with Crippen molar-refractivity contribution in [2.45, 2.75) is 32.5 Å². The van der Waals surface area contributed by atoms with Gasteiger partial charge in [0.1, 0.15) is 0 Å². The van der Waals surface area contributed by atoms with Crippen molar-refractivity contribution in [1.82, 2.24) is 0 Å². The Bertz CT molecular complexity index is 122. The molecule has 1 aliphatic rings. The summed E-state index contributed by atoms with van der Waals surface area (Å²) in [7, 11) is 0. The van der Waals surface area contributed by atoms with Crippen LogP contribution in [0.1, 0.15) is 26.2 Å². The zero-order valence-corrected chi connectivity index (χ0v) is 8.39. The van der Waals surface area contributed by atoms with E-state index in [4.69, 9.17) is 10.2 Å². The van der Waals surface area contributed by atoms with Gasteiger partial charge in [0.2, 0.25) is 0 Å². The molecule has 1 aliphatic heterocycles. The Kier molecular flexibility index (Phi) is 4.40. The molecule has 1 saturated heterocycles. The van der Waals surface area contributed by atoms with Gasteiger partial charge in [-0.15, -0.1) is 0 Å². The van der Waals surface area contributed by atoms with E-state index in [0.717, 1.165) is 19.3 Å². The summed E-state index contributed by atoms with van der Waals surface area (Å²) >= 11 is 1.98. The van der Waals surface area contributed by atoms with E-state index in [1.54, 1.807) is 0 Å². The predicted octanol–water partition coefficient (Wildman–Crippen LogP) is 1.47. The van der Waals surface area contributed by atoms with Gasteiger partial charge < -0.3 is 10.2 Å². The molecule has 0 aliphatic carbocycles. The summed E-state index contributed by atoms with van der Waals surface area (Å²) in [5.74, 6) is 3.02. The molecule has 1 heterocycles. The van der Waals surface area contributed by atoms with E-state index in [2.05, 4.69) is 0 Å². The molecule has 1 atom stereocenters. The van der Waals surface area contributed by atoms with Gasteiger partial charge in [-0.1, -0.05) is 6.92 Å². The van der Waals surface area contributed by atoms with Crippen LogP contribution in [0.15, 0.2) is 0 Å². The summed E-state index contributed by atoms with van der Waals surface area (Å²) in [5.41, 5.74) is 0. The maximum absolute atomic E-state index is 9.11. The van der Waals surface area contributed by atoms with Crippen molar-refractivity contribution in [3.63, 3.8) is 0 Å². The van der Waals surface area contributed by atoms with Gasteiger partial charge in [-0.2, -0.15) is 11.8 Å². The number of hydrogen-bond donors (Lipinski definition) is 2. The van der Waals surface area contributed by atoms with E-state index in [0.29, 0.717) is 5.92 Å². The number of hydrogen-bond acceptors (Lipinski definition) is 3. The van der Waals surface area contributed by atoms with Crippen LogP contribution < -0.4 is 0 Å². The molecular formula is C9H18O2S. The van der Waals surface area contributed by atoms with Gasteiger partial charge in [-0.05, 0) is 36.7 Å². The van der Waals surface area contributed by atoms with E-state index >= 15 is 0 Å². The molecule has 0 amide bonds. The average molecular weight is 190 g/mol. The molecule has 1 rings (SSSR count). The summed E-state index contributed by atoms with van der Waals surface area (Å²) in [4.78, 5) is 0. The maximum atomic E-state index is 9.11. The van der Waals surface area contributed by atoms with Crippen molar-refractivity contribution in [3.8, 4) is 0 Å². The van der Waals surface area contributed by atoms with Crippen molar-refractivity contribution in [2.75, 3.05) is 11.5 Å². The minimum atomic E-state index is -1.11. The van der Waals surface area contributed by atoms with Gasteiger partial charge in [0.05, 0.1) is 0 Å². The second-order valence-corrected chi connectivity index (χ2v) is 4.66. The van der Waals surface area contributed by atoms with Gasteiger partial charge in [0.15, 0.2) is 6.29 Å². The molecule has 2 N–H and O–H groups in total. The molecule has 0 bridgehead atoms. The van der Waals surface area contributed by atoms with Crippen molar-refractivity contribution in [1.29, 1.82) is 0 Å². The van der Waals surface area contributed by atoms with E-state index in [1.165, 1.54) is 11.5 Å². The minimum absolute atomic E-state index is 0.103. The predicted molar refractivity (Wildman–Crippen MR) is 52.1 cm³/mol. The Morgan fingerprint density at radius 1 is 1.33 bits per heavy atom. The molecule has 3 heteroatoms. The van der Waals surface area contributed by atoms with Crippen molar-refractivity contribution >= 4 is 11.8 Å². The zero-order valence-electron chi connectivity index (χ0n) is 7.57. The lowest BCUT2D eigenvalue weighted by molar-refractivity contribution is -0.102. The molecule has 0 saturated carbocycles. The quantitative estimate of drug-likeness (QED) is 0.662. The standard InChI is InChI=1S/C9H18O2S/c1-2-8(9(10)11)7-3-5-12-6-4-7/h7-11H,2-6H2,1H3. The first-order chi connectivity index (χ1) is 5.75. The first-order valence-electron chi connectivity index (χ1n) is 4.69. The molecule has 2 nitrogen and oxygen atoms in total. The molecular weight excluding hydrogens is 172 g/mol. The highest BCUT2D eigenvalue weighted by Gasteiger charge is 2.26. The first kappa shape index (κ1) is 10.4. The van der Waals surface area contributed by atoms with Crippen LogP contribution in [0.2, 0.25) is 0 Å².